The number of fused-ring (bicyclic) bond motifs is 1. The maximum atomic E-state index is 12.4. The van der Waals surface area contributed by atoms with Crippen LogP contribution in [-0.2, 0) is 0 Å². The van der Waals surface area contributed by atoms with Gasteiger partial charge in [-0.25, -0.2) is 4.79 Å². The van der Waals surface area contributed by atoms with Crippen molar-refractivity contribution in [2.75, 3.05) is 14.2 Å². The van der Waals surface area contributed by atoms with Crippen molar-refractivity contribution in [2.45, 2.75) is 5.92 Å². The van der Waals surface area contributed by atoms with E-state index >= 15 is 0 Å². The largest absolute Gasteiger partial charge is 0.497 e. The lowest BCUT2D eigenvalue weighted by molar-refractivity contribution is 0.368. The summed E-state index contributed by atoms with van der Waals surface area (Å²) in [6.45, 7) is 0. The minimum absolute atomic E-state index is 0.0357. The summed E-state index contributed by atoms with van der Waals surface area (Å²) < 4.78 is 15.8. The minimum atomic E-state index is -0.866. The van der Waals surface area contributed by atoms with Crippen LogP contribution in [0.3, 0.4) is 0 Å². The minimum Gasteiger partial charge on any atom is -0.497 e. The Morgan fingerprint density at radius 3 is 2.64 bits per heavy atom. The summed E-state index contributed by atoms with van der Waals surface area (Å²) in [5, 5.41) is 9.51. The van der Waals surface area contributed by atoms with Crippen molar-refractivity contribution in [3.8, 4) is 23.4 Å². The monoisotopic (exact) mass is 342 g/mol. The number of nitrogens with one attached hydrogen (secondary N) is 2. The van der Waals surface area contributed by atoms with E-state index in [1.54, 1.807) is 18.2 Å². The number of allylic oxidation sites excluding steroid dienone is 1. The van der Waals surface area contributed by atoms with Gasteiger partial charge in [0.1, 0.15) is 23.1 Å². The van der Waals surface area contributed by atoms with Gasteiger partial charge < -0.3 is 19.9 Å². The SMILES string of the molecule is COc1ccc(C2C(C#N)=C(N)Oc3[nH]c(=O)[nH]c(=O)c32)c(OC)c1. The van der Waals surface area contributed by atoms with Crippen molar-refractivity contribution in [3.05, 3.63) is 61.6 Å². The number of methoxy groups -OCH3 is 2. The van der Waals surface area contributed by atoms with Crippen LogP contribution in [-0.4, -0.2) is 24.2 Å². The molecule has 0 bridgehead atoms. The molecule has 1 unspecified atom stereocenters. The first kappa shape index (κ1) is 16.2. The Morgan fingerprint density at radius 1 is 1.24 bits per heavy atom. The molecular formula is C16H14N4O5. The van der Waals surface area contributed by atoms with Crippen molar-refractivity contribution in [2.24, 2.45) is 5.73 Å². The molecule has 1 atom stereocenters. The zero-order chi connectivity index (χ0) is 18.1. The van der Waals surface area contributed by atoms with Crippen molar-refractivity contribution >= 4 is 0 Å². The molecule has 1 aromatic carbocycles. The number of hydrogen-bond donors (Lipinski definition) is 3. The molecule has 9 heteroatoms. The Balaban J connectivity index is 2.34. The summed E-state index contributed by atoms with van der Waals surface area (Å²) in [6, 6.07) is 6.91. The molecule has 3 rings (SSSR count). The number of nitrogens with two attached hydrogens (primary N) is 1. The van der Waals surface area contributed by atoms with E-state index in [9.17, 15) is 14.9 Å². The molecule has 128 valence electrons. The molecule has 1 aromatic heterocycles. The average molecular weight is 342 g/mol. The number of nitriles is 1. The Hall–Kier alpha value is -3.67. The van der Waals surface area contributed by atoms with E-state index in [0.29, 0.717) is 17.1 Å². The van der Waals surface area contributed by atoms with E-state index in [0.717, 1.165) is 0 Å². The van der Waals surface area contributed by atoms with Gasteiger partial charge in [0.2, 0.25) is 11.8 Å². The third kappa shape index (κ3) is 2.59. The third-order valence-electron chi connectivity index (χ3n) is 3.87. The van der Waals surface area contributed by atoms with Gasteiger partial charge in [0.05, 0.1) is 25.7 Å². The van der Waals surface area contributed by atoms with Gasteiger partial charge in [0.15, 0.2) is 0 Å². The standard InChI is InChI=1S/C16H14N4O5/c1-23-7-3-4-8(10(5-7)24-2)11-9(6-17)13(18)25-15-12(11)14(21)19-16(22)20-15/h3-5,11H,18H2,1-2H3,(H2,19,20,21,22). The normalized spacial score (nSPS) is 15.8. The second kappa shape index (κ2) is 6.09. The summed E-state index contributed by atoms with van der Waals surface area (Å²) in [5.74, 6) is -0.232. The highest BCUT2D eigenvalue weighted by molar-refractivity contribution is 5.57. The highest BCUT2D eigenvalue weighted by Gasteiger charge is 2.35. The molecule has 0 radical (unpaired) electrons. The summed E-state index contributed by atoms with van der Waals surface area (Å²) in [6.07, 6.45) is 0. The molecule has 4 N–H and O–H groups in total. The second-order valence-corrected chi connectivity index (χ2v) is 5.18. The predicted molar refractivity (Wildman–Crippen MR) is 86.5 cm³/mol. The van der Waals surface area contributed by atoms with Crippen molar-refractivity contribution < 1.29 is 14.2 Å². The van der Waals surface area contributed by atoms with Crippen LogP contribution in [0.25, 0.3) is 0 Å². The molecule has 0 amide bonds. The summed E-state index contributed by atoms with van der Waals surface area (Å²) in [4.78, 5) is 28.4. The van der Waals surface area contributed by atoms with Gasteiger partial charge >= 0.3 is 5.69 Å². The molecule has 9 nitrogen and oxygen atoms in total. The van der Waals surface area contributed by atoms with Gasteiger partial charge in [0, 0.05) is 11.6 Å². The highest BCUT2D eigenvalue weighted by atomic mass is 16.5. The lowest BCUT2D eigenvalue weighted by atomic mass is 9.84. The van der Waals surface area contributed by atoms with E-state index in [1.807, 2.05) is 6.07 Å². The lowest BCUT2D eigenvalue weighted by Crippen LogP contribution is -2.33. The first-order chi connectivity index (χ1) is 12.0. The molecule has 0 saturated heterocycles. The van der Waals surface area contributed by atoms with E-state index in [4.69, 9.17) is 19.9 Å². The first-order valence-electron chi connectivity index (χ1n) is 7.16. The van der Waals surface area contributed by atoms with Crippen LogP contribution in [0.4, 0.5) is 0 Å². The average Bonchev–Trinajstić information content (AvgIpc) is 2.59. The zero-order valence-corrected chi connectivity index (χ0v) is 13.4. The molecule has 1 aliphatic heterocycles. The molecule has 0 fully saturated rings. The molecule has 25 heavy (non-hydrogen) atoms. The van der Waals surface area contributed by atoms with Crippen LogP contribution in [0, 0.1) is 11.3 Å². The summed E-state index contributed by atoms with van der Waals surface area (Å²) >= 11 is 0. The molecule has 1 aliphatic rings. The number of aromatic amines is 2. The van der Waals surface area contributed by atoms with Crippen LogP contribution in [0.15, 0.2) is 39.2 Å². The fourth-order valence-electron chi connectivity index (χ4n) is 2.76. The van der Waals surface area contributed by atoms with Gasteiger partial charge in [-0.3, -0.25) is 14.8 Å². The lowest BCUT2D eigenvalue weighted by Gasteiger charge is -2.26. The van der Waals surface area contributed by atoms with Crippen LogP contribution in [0.1, 0.15) is 17.0 Å². The molecule has 0 spiro atoms. The third-order valence-corrected chi connectivity index (χ3v) is 3.87. The summed E-state index contributed by atoms with van der Waals surface area (Å²) in [5.41, 5.74) is 5.00. The fraction of sp³-hybridized carbons (Fsp3) is 0.188. The number of nitrogens with zero attached hydrogens (tertiary/aromatic N) is 1. The Bertz CT molecular complexity index is 1030. The van der Waals surface area contributed by atoms with Crippen LogP contribution < -0.4 is 31.2 Å². The van der Waals surface area contributed by atoms with E-state index in [-0.39, 0.29) is 22.9 Å². The quantitative estimate of drug-likeness (QED) is 0.727. The molecule has 2 heterocycles. The Morgan fingerprint density at radius 2 is 2.00 bits per heavy atom. The number of hydrogen-bond acceptors (Lipinski definition) is 7. The van der Waals surface area contributed by atoms with E-state index < -0.39 is 17.2 Å². The number of ether oxygens (including phenoxy) is 3. The van der Waals surface area contributed by atoms with Gasteiger partial charge in [-0.2, -0.15) is 5.26 Å². The molecular weight excluding hydrogens is 328 g/mol. The highest BCUT2D eigenvalue weighted by Crippen LogP contribution is 2.42. The molecule has 2 aromatic rings. The second-order valence-electron chi connectivity index (χ2n) is 5.18. The first-order valence-corrected chi connectivity index (χ1v) is 7.16. The van der Waals surface area contributed by atoms with E-state index in [2.05, 4.69) is 9.97 Å². The van der Waals surface area contributed by atoms with Crippen LogP contribution in [0.2, 0.25) is 0 Å². The maximum absolute atomic E-state index is 12.4. The van der Waals surface area contributed by atoms with Crippen molar-refractivity contribution in [1.82, 2.24) is 9.97 Å². The molecule has 0 saturated carbocycles. The predicted octanol–water partition coefficient (Wildman–Crippen LogP) is 0.299. The van der Waals surface area contributed by atoms with Crippen LogP contribution >= 0.6 is 0 Å². The number of aromatic nitrogens is 2. The Kier molecular flexibility index (Phi) is 3.94. The Labute approximate surface area is 141 Å². The van der Waals surface area contributed by atoms with Gasteiger partial charge in [0.25, 0.3) is 5.56 Å². The fourth-order valence-corrected chi connectivity index (χ4v) is 2.76. The maximum Gasteiger partial charge on any atom is 0.328 e. The van der Waals surface area contributed by atoms with E-state index in [1.165, 1.54) is 14.2 Å². The van der Waals surface area contributed by atoms with Crippen molar-refractivity contribution in [3.63, 3.8) is 0 Å². The number of H-pyrrole nitrogens is 2. The van der Waals surface area contributed by atoms with Gasteiger partial charge in [-0.05, 0) is 6.07 Å². The smallest absolute Gasteiger partial charge is 0.328 e. The molecule has 0 aliphatic carbocycles. The van der Waals surface area contributed by atoms with Gasteiger partial charge in [-0.15, -0.1) is 0 Å². The van der Waals surface area contributed by atoms with Crippen LogP contribution in [0.5, 0.6) is 17.4 Å². The summed E-state index contributed by atoms with van der Waals surface area (Å²) in [7, 11) is 2.96. The van der Waals surface area contributed by atoms with Gasteiger partial charge in [-0.1, -0.05) is 6.07 Å². The zero-order valence-electron chi connectivity index (χ0n) is 13.4. The van der Waals surface area contributed by atoms with Crippen molar-refractivity contribution in [1.29, 1.82) is 5.26 Å². The topological polar surface area (TPSA) is 143 Å². The number of benzene rings is 1. The number of rotatable bonds is 3.